The third-order valence-corrected chi connectivity index (χ3v) is 8.92. The topological polar surface area (TPSA) is 104 Å². The highest BCUT2D eigenvalue weighted by Crippen LogP contribution is 2.30. The number of carbonyl (C=O) groups excluding carboxylic acids is 3. The van der Waals surface area contributed by atoms with Gasteiger partial charge in [0.1, 0.15) is 16.8 Å². The highest BCUT2D eigenvalue weighted by Gasteiger charge is 2.40. The number of amides is 3. The van der Waals surface area contributed by atoms with Crippen molar-refractivity contribution in [1.29, 1.82) is 0 Å². The Labute approximate surface area is 216 Å². The number of fused-ring (bicyclic) bond motifs is 1. The second-order valence-electron chi connectivity index (χ2n) is 9.61. The Morgan fingerprint density at radius 3 is 2.46 bits per heavy atom. The standard InChI is InChI=1S/C27H32FN3O5S/c1-19(26(33)29-21-11-3-2-4-12-21)30(18-20-10-5-7-14-23(20)28)25(32)16-9-17-31-27(34)22-13-6-8-15-24(22)37(31,35)36/h5-8,10,13-15,19,21H,2-4,9,11-12,16-18H2,1H3,(H,29,33)/t19-/m0/s1. The van der Waals surface area contributed by atoms with Crippen molar-refractivity contribution in [3.8, 4) is 0 Å². The van der Waals surface area contributed by atoms with Gasteiger partial charge in [0.2, 0.25) is 11.8 Å². The number of carbonyl (C=O) groups is 3. The van der Waals surface area contributed by atoms with Gasteiger partial charge in [-0.3, -0.25) is 14.4 Å². The Balaban J connectivity index is 1.44. The van der Waals surface area contributed by atoms with Crippen molar-refractivity contribution in [1.82, 2.24) is 14.5 Å². The molecule has 1 atom stereocenters. The molecule has 3 amide bonds. The molecule has 0 bridgehead atoms. The van der Waals surface area contributed by atoms with Crippen LogP contribution in [0.4, 0.5) is 4.39 Å². The molecule has 10 heteroatoms. The lowest BCUT2D eigenvalue weighted by molar-refractivity contribution is -0.141. The Morgan fingerprint density at radius 1 is 1.08 bits per heavy atom. The molecule has 8 nitrogen and oxygen atoms in total. The molecule has 0 aromatic heterocycles. The molecule has 1 heterocycles. The van der Waals surface area contributed by atoms with Crippen LogP contribution in [0.25, 0.3) is 0 Å². The van der Waals surface area contributed by atoms with Crippen LogP contribution in [0.3, 0.4) is 0 Å². The second kappa shape index (κ2) is 11.4. The zero-order valence-electron chi connectivity index (χ0n) is 20.9. The molecule has 0 radical (unpaired) electrons. The largest absolute Gasteiger partial charge is 0.352 e. The predicted octanol–water partition coefficient (Wildman–Crippen LogP) is 3.62. The minimum Gasteiger partial charge on any atom is -0.352 e. The summed E-state index contributed by atoms with van der Waals surface area (Å²) in [5, 5.41) is 3.02. The van der Waals surface area contributed by atoms with Crippen LogP contribution in [0.2, 0.25) is 0 Å². The van der Waals surface area contributed by atoms with Gasteiger partial charge < -0.3 is 10.2 Å². The van der Waals surface area contributed by atoms with Gasteiger partial charge in [-0.2, -0.15) is 0 Å². The average molecular weight is 530 g/mol. The Bertz CT molecular complexity index is 1280. The summed E-state index contributed by atoms with van der Waals surface area (Å²) in [6.07, 6.45) is 4.97. The van der Waals surface area contributed by atoms with Crippen LogP contribution in [-0.2, 0) is 26.2 Å². The summed E-state index contributed by atoms with van der Waals surface area (Å²) in [5.74, 6) is -1.82. The van der Waals surface area contributed by atoms with E-state index >= 15 is 0 Å². The maximum Gasteiger partial charge on any atom is 0.269 e. The van der Waals surface area contributed by atoms with E-state index in [2.05, 4.69) is 5.32 Å². The second-order valence-corrected chi connectivity index (χ2v) is 11.4. The lowest BCUT2D eigenvalue weighted by Crippen LogP contribution is -2.50. The van der Waals surface area contributed by atoms with Crippen molar-refractivity contribution in [2.75, 3.05) is 6.54 Å². The number of benzene rings is 2. The molecule has 198 valence electrons. The van der Waals surface area contributed by atoms with E-state index in [1.807, 2.05) is 0 Å². The molecule has 1 aliphatic carbocycles. The minimum atomic E-state index is -3.97. The molecule has 1 saturated carbocycles. The molecule has 37 heavy (non-hydrogen) atoms. The van der Waals surface area contributed by atoms with E-state index in [4.69, 9.17) is 0 Å². The quantitative estimate of drug-likeness (QED) is 0.535. The van der Waals surface area contributed by atoms with Gasteiger partial charge >= 0.3 is 0 Å². The van der Waals surface area contributed by atoms with Crippen molar-refractivity contribution in [3.63, 3.8) is 0 Å². The molecule has 1 N–H and O–H groups in total. The Morgan fingerprint density at radius 2 is 1.76 bits per heavy atom. The van der Waals surface area contributed by atoms with E-state index in [0.29, 0.717) is 0 Å². The molecule has 0 saturated heterocycles. The van der Waals surface area contributed by atoms with Gasteiger partial charge in [0.15, 0.2) is 0 Å². The molecule has 2 aromatic rings. The normalized spacial score (nSPS) is 17.8. The number of rotatable bonds is 9. The fourth-order valence-corrected chi connectivity index (χ4v) is 6.54. The Hall–Kier alpha value is -3.27. The van der Waals surface area contributed by atoms with Gasteiger partial charge in [-0.25, -0.2) is 17.1 Å². The van der Waals surface area contributed by atoms with E-state index in [1.165, 1.54) is 23.1 Å². The smallest absolute Gasteiger partial charge is 0.269 e. The van der Waals surface area contributed by atoms with Gasteiger partial charge in [-0.1, -0.05) is 49.6 Å². The van der Waals surface area contributed by atoms with Crippen LogP contribution >= 0.6 is 0 Å². The summed E-state index contributed by atoms with van der Waals surface area (Å²) in [6.45, 7) is 1.34. The van der Waals surface area contributed by atoms with Crippen LogP contribution in [0.15, 0.2) is 53.4 Å². The van der Waals surface area contributed by atoms with Crippen LogP contribution in [0, 0.1) is 5.82 Å². The summed E-state index contributed by atoms with van der Waals surface area (Å²) in [6, 6.07) is 11.3. The Kier molecular flexibility index (Phi) is 8.26. The lowest BCUT2D eigenvalue weighted by Gasteiger charge is -2.31. The zero-order chi connectivity index (χ0) is 26.6. The van der Waals surface area contributed by atoms with Gasteiger partial charge in [0.25, 0.3) is 15.9 Å². The van der Waals surface area contributed by atoms with E-state index in [0.717, 1.165) is 36.4 Å². The molecule has 2 aromatic carbocycles. The minimum absolute atomic E-state index is 0.0412. The molecule has 0 unspecified atom stereocenters. The summed E-state index contributed by atoms with van der Waals surface area (Å²) in [7, 11) is -3.97. The monoisotopic (exact) mass is 529 g/mol. The molecular weight excluding hydrogens is 497 g/mol. The van der Waals surface area contributed by atoms with E-state index < -0.39 is 33.7 Å². The van der Waals surface area contributed by atoms with Crippen LogP contribution in [0.1, 0.15) is 67.8 Å². The first kappa shape index (κ1) is 26.8. The molecule has 2 aliphatic rings. The van der Waals surface area contributed by atoms with Crippen molar-refractivity contribution < 1.29 is 27.2 Å². The van der Waals surface area contributed by atoms with Crippen molar-refractivity contribution in [3.05, 3.63) is 65.5 Å². The first-order valence-electron chi connectivity index (χ1n) is 12.7. The third-order valence-electron chi connectivity index (χ3n) is 7.08. The van der Waals surface area contributed by atoms with Gasteiger partial charge in [0, 0.05) is 31.1 Å². The SMILES string of the molecule is C[C@@H](C(=O)NC1CCCCC1)N(Cc1ccccc1F)C(=O)CCCN1C(=O)c2ccccc2S1(=O)=O. The molecule has 1 fully saturated rings. The van der Waals surface area contributed by atoms with Gasteiger partial charge in [-0.05, 0) is 44.4 Å². The van der Waals surface area contributed by atoms with E-state index in [-0.39, 0.29) is 53.9 Å². The van der Waals surface area contributed by atoms with Gasteiger partial charge in [-0.15, -0.1) is 0 Å². The average Bonchev–Trinajstić information content (AvgIpc) is 3.09. The maximum absolute atomic E-state index is 14.4. The maximum atomic E-state index is 14.4. The first-order chi connectivity index (χ1) is 17.7. The van der Waals surface area contributed by atoms with Crippen molar-refractivity contribution in [2.45, 2.75) is 75.4 Å². The summed E-state index contributed by atoms with van der Waals surface area (Å²) in [4.78, 5) is 40.3. The number of nitrogens with one attached hydrogen (secondary N) is 1. The fraction of sp³-hybridized carbons (Fsp3) is 0.444. The fourth-order valence-electron chi connectivity index (χ4n) is 4.93. The number of hydrogen-bond donors (Lipinski definition) is 1. The number of sulfonamides is 1. The molecule has 4 rings (SSSR count). The molecule has 1 aliphatic heterocycles. The van der Waals surface area contributed by atoms with Crippen LogP contribution < -0.4 is 5.32 Å². The number of nitrogens with zero attached hydrogens (tertiary/aromatic N) is 2. The summed E-state index contributed by atoms with van der Waals surface area (Å²) < 4.78 is 40.8. The van der Waals surface area contributed by atoms with E-state index in [9.17, 15) is 27.2 Å². The first-order valence-corrected chi connectivity index (χ1v) is 14.1. The summed E-state index contributed by atoms with van der Waals surface area (Å²) >= 11 is 0. The third kappa shape index (κ3) is 5.84. The van der Waals surface area contributed by atoms with Crippen LogP contribution in [0.5, 0.6) is 0 Å². The summed E-state index contributed by atoms with van der Waals surface area (Å²) in [5.41, 5.74) is 0.393. The molecular formula is C27H32FN3O5S. The predicted molar refractivity (Wildman–Crippen MR) is 135 cm³/mol. The molecule has 0 spiro atoms. The lowest BCUT2D eigenvalue weighted by atomic mass is 9.95. The van der Waals surface area contributed by atoms with Crippen LogP contribution in [-0.4, -0.2) is 54.0 Å². The zero-order valence-corrected chi connectivity index (χ0v) is 21.7. The van der Waals surface area contributed by atoms with E-state index in [1.54, 1.807) is 37.3 Å². The van der Waals surface area contributed by atoms with Crippen molar-refractivity contribution in [2.24, 2.45) is 0 Å². The highest BCUT2D eigenvalue weighted by molar-refractivity contribution is 7.90. The van der Waals surface area contributed by atoms with Crippen molar-refractivity contribution >= 4 is 27.7 Å². The number of halogens is 1. The highest BCUT2D eigenvalue weighted by atomic mass is 32.2. The van der Waals surface area contributed by atoms with Gasteiger partial charge in [0.05, 0.1) is 5.56 Å². The number of hydrogen-bond acceptors (Lipinski definition) is 5.